The third-order valence-electron chi connectivity index (χ3n) is 5.47. The van der Waals surface area contributed by atoms with Crippen LogP contribution in [0.1, 0.15) is 16.7 Å². The molecule has 1 heterocycles. The molecule has 1 fully saturated rings. The predicted octanol–water partition coefficient (Wildman–Crippen LogP) is 6.43. The van der Waals surface area contributed by atoms with Gasteiger partial charge in [0.05, 0.1) is 17.3 Å². The van der Waals surface area contributed by atoms with Gasteiger partial charge in [-0.2, -0.15) is 0 Å². The van der Waals surface area contributed by atoms with Crippen LogP contribution in [0.15, 0.2) is 69.1 Å². The minimum absolute atomic E-state index is 0.218. The van der Waals surface area contributed by atoms with Crippen molar-refractivity contribution in [3.05, 3.63) is 90.8 Å². The Balaban J connectivity index is 1.67. The molecule has 1 aliphatic heterocycles. The number of halogens is 3. The third-order valence-corrected chi connectivity index (χ3v) is 7.25. The maximum absolute atomic E-state index is 13.3. The molecule has 10 heteroatoms. The number of rotatable bonds is 6. The van der Waals surface area contributed by atoms with E-state index in [4.69, 9.17) is 21.1 Å². The van der Waals surface area contributed by atoms with Crippen LogP contribution in [0.3, 0.4) is 0 Å². The number of anilines is 1. The van der Waals surface area contributed by atoms with Gasteiger partial charge >= 0.3 is 6.03 Å². The zero-order valence-electron chi connectivity index (χ0n) is 19.1. The van der Waals surface area contributed by atoms with E-state index in [0.717, 1.165) is 14.9 Å². The molecule has 1 N–H and O–H groups in total. The fraction of sp³-hybridized carbons (Fsp3) is 0.115. The minimum Gasteiger partial charge on any atom is -0.493 e. The number of nitrogens with one attached hydrogen (secondary N) is 1. The van der Waals surface area contributed by atoms with Crippen LogP contribution in [0.4, 0.5) is 10.5 Å². The minimum atomic E-state index is -0.845. The quantitative estimate of drug-likeness (QED) is 0.250. The summed E-state index contributed by atoms with van der Waals surface area (Å²) in [5.74, 6) is -0.713. The lowest BCUT2D eigenvalue weighted by Gasteiger charge is -2.27. The van der Waals surface area contributed by atoms with Crippen LogP contribution in [-0.2, 0) is 16.2 Å². The molecular weight excluding hydrogens is 616 g/mol. The summed E-state index contributed by atoms with van der Waals surface area (Å²) in [6, 6.07) is 15.0. The van der Waals surface area contributed by atoms with E-state index < -0.39 is 17.8 Å². The number of imide groups is 2. The number of amides is 4. The van der Waals surface area contributed by atoms with E-state index in [1.165, 1.54) is 13.2 Å². The van der Waals surface area contributed by atoms with Gasteiger partial charge in [-0.1, -0.05) is 51.8 Å². The van der Waals surface area contributed by atoms with Crippen molar-refractivity contribution in [2.45, 2.75) is 13.5 Å². The van der Waals surface area contributed by atoms with Crippen molar-refractivity contribution in [3.8, 4) is 11.5 Å². The van der Waals surface area contributed by atoms with Gasteiger partial charge in [-0.15, -0.1) is 0 Å². The standard InChI is InChI=1S/C26H19Br2ClN2O5/c1-14-20(29)8-5-9-21(14)31-25(33)17(24(32)30-26(31)34)10-15-11-19(28)23(22(12-15)35-2)36-13-16-6-3-4-7-18(16)27/h3-12H,13H2,1-2H3,(H,30,32,34)/b17-10+. The number of barbiturate groups is 1. The molecule has 0 unspecified atom stereocenters. The molecule has 3 aromatic rings. The Bertz CT molecular complexity index is 1420. The topological polar surface area (TPSA) is 84.9 Å². The lowest BCUT2D eigenvalue weighted by atomic mass is 10.1. The zero-order valence-corrected chi connectivity index (χ0v) is 23.0. The second-order valence-electron chi connectivity index (χ2n) is 7.76. The molecule has 36 heavy (non-hydrogen) atoms. The molecule has 0 atom stereocenters. The number of urea groups is 1. The Morgan fingerprint density at radius 1 is 1.03 bits per heavy atom. The molecule has 4 amide bonds. The Hall–Kier alpha value is -3.14. The van der Waals surface area contributed by atoms with Crippen molar-refractivity contribution in [2.75, 3.05) is 12.0 Å². The predicted molar refractivity (Wildman–Crippen MR) is 144 cm³/mol. The van der Waals surface area contributed by atoms with Gasteiger partial charge in [0.25, 0.3) is 11.8 Å². The van der Waals surface area contributed by atoms with E-state index in [2.05, 4.69) is 37.2 Å². The van der Waals surface area contributed by atoms with Gasteiger partial charge in [-0.3, -0.25) is 14.9 Å². The first-order valence-corrected chi connectivity index (χ1v) is 12.6. The molecule has 1 saturated heterocycles. The molecule has 0 radical (unpaired) electrons. The smallest absolute Gasteiger partial charge is 0.335 e. The van der Waals surface area contributed by atoms with Gasteiger partial charge in [0.15, 0.2) is 11.5 Å². The zero-order chi connectivity index (χ0) is 26.0. The number of ether oxygens (including phenoxy) is 2. The maximum Gasteiger partial charge on any atom is 0.335 e. The van der Waals surface area contributed by atoms with E-state index in [1.807, 2.05) is 24.3 Å². The van der Waals surface area contributed by atoms with Crippen LogP contribution in [0.5, 0.6) is 11.5 Å². The second kappa shape index (κ2) is 10.9. The van der Waals surface area contributed by atoms with Gasteiger partial charge in [-0.05, 0) is 70.4 Å². The monoisotopic (exact) mass is 632 g/mol. The first-order chi connectivity index (χ1) is 17.2. The summed E-state index contributed by atoms with van der Waals surface area (Å²) in [5, 5.41) is 2.61. The van der Waals surface area contributed by atoms with Crippen molar-refractivity contribution >= 4 is 73.1 Å². The molecule has 3 aromatic carbocycles. The molecule has 0 spiro atoms. The lowest BCUT2D eigenvalue weighted by molar-refractivity contribution is -0.122. The average Bonchev–Trinajstić information content (AvgIpc) is 2.84. The highest BCUT2D eigenvalue weighted by Gasteiger charge is 2.37. The van der Waals surface area contributed by atoms with Crippen molar-refractivity contribution in [1.82, 2.24) is 5.32 Å². The van der Waals surface area contributed by atoms with Crippen molar-refractivity contribution in [1.29, 1.82) is 0 Å². The number of nitrogens with zero attached hydrogens (tertiary/aromatic N) is 1. The van der Waals surface area contributed by atoms with Gasteiger partial charge in [0, 0.05) is 15.1 Å². The summed E-state index contributed by atoms with van der Waals surface area (Å²) in [5.41, 5.74) is 2.04. The Labute approximate surface area is 229 Å². The number of carbonyl (C=O) groups excluding carboxylic acids is 3. The molecule has 0 aromatic heterocycles. The lowest BCUT2D eigenvalue weighted by Crippen LogP contribution is -2.54. The first kappa shape index (κ1) is 25.9. The van der Waals surface area contributed by atoms with E-state index >= 15 is 0 Å². The average molecular weight is 635 g/mol. The summed E-state index contributed by atoms with van der Waals surface area (Å²) < 4.78 is 13.0. The molecule has 4 rings (SSSR count). The normalized spacial score (nSPS) is 14.8. The van der Waals surface area contributed by atoms with Crippen LogP contribution in [0.25, 0.3) is 6.08 Å². The maximum atomic E-state index is 13.3. The number of hydrogen-bond acceptors (Lipinski definition) is 5. The summed E-state index contributed by atoms with van der Waals surface area (Å²) in [7, 11) is 1.49. The summed E-state index contributed by atoms with van der Waals surface area (Å²) in [4.78, 5) is 39.3. The molecule has 0 saturated carbocycles. The SMILES string of the molecule is COc1cc(/C=C2\C(=O)NC(=O)N(c3cccc(Cl)c3C)C2=O)cc(Br)c1OCc1ccccc1Br. The van der Waals surface area contributed by atoms with E-state index in [1.54, 1.807) is 37.3 Å². The van der Waals surface area contributed by atoms with Crippen LogP contribution in [0.2, 0.25) is 5.02 Å². The van der Waals surface area contributed by atoms with Crippen molar-refractivity contribution < 1.29 is 23.9 Å². The molecular formula is C26H19Br2ClN2O5. The van der Waals surface area contributed by atoms with Gasteiger partial charge in [0.1, 0.15) is 12.2 Å². The first-order valence-electron chi connectivity index (χ1n) is 10.6. The Kier molecular flexibility index (Phi) is 7.82. The van der Waals surface area contributed by atoms with Crippen molar-refractivity contribution in [2.24, 2.45) is 0 Å². The summed E-state index contributed by atoms with van der Waals surface area (Å²) in [6.45, 7) is 1.97. The second-order valence-corrected chi connectivity index (χ2v) is 9.87. The van der Waals surface area contributed by atoms with Gasteiger partial charge < -0.3 is 9.47 Å². The number of hydrogen-bond donors (Lipinski definition) is 1. The van der Waals surface area contributed by atoms with Crippen LogP contribution >= 0.6 is 43.5 Å². The highest BCUT2D eigenvalue weighted by atomic mass is 79.9. The number of benzene rings is 3. The highest BCUT2D eigenvalue weighted by molar-refractivity contribution is 9.10. The number of methoxy groups -OCH3 is 1. The van der Waals surface area contributed by atoms with Gasteiger partial charge in [0.2, 0.25) is 0 Å². The van der Waals surface area contributed by atoms with E-state index in [0.29, 0.717) is 32.1 Å². The summed E-state index contributed by atoms with van der Waals surface area (Å²) in [6.07, 6.45) is 1.39. The van der Waals surface area contributed by atoms with E-state index in [9.17, 15) is 14.4 Å². The Morgan fingerprint density at radius 3 is 2.50 bits per heavy atom. The van der Waals surface area contributed by atoms with Crippen molar-refractivity contribution in [3.63, 3.8) is 0 Å². The van der Waals surface area contributed by atoms with Gasteiger partial charge in [-0.25, -0.2) is 9.69 Å². The largest absolute Gasteiger partial charge is 0.493 e. The molecule has 0 bridgehead atoms. The Morgan fingerprint density at radius 2 is 1.78 bits per heavy atom. The fourth-order valence-corrected chi connectivity index (χ4v) is 4.75. The molecule has 0 aliphatic carbocycles. The van der Waals surface area contributed by atoms with E-state index in [-0.39, 0.29) is 17.9 Å². The fourth-order valence-electron chi connectivity index (χ4n) is 3.61. The third kappa shape index (κ3) is 5.18. The number of carbonyl (C=O) groups is 3. The molecule has 184 valence electrons. The van der Waals surface area contributed by atoms with Crippen LogP contribution in [-0.4, -0.2) is 25.0 Å². The molecule has 7 nitrogen and oxygen atoms in total. The highest BCUT2D eigenvalue weighted by Crippen LogP contribution is 2.38. The van der Waals surface area contributed by atoms with Crippen LogP contribution in [0, 0.1) is 6.92 Å². The molecule has 1 aliphatic rings. The van der Waals surface area contributed by atoms with Crippen LogP contribution < -0.4 is 19.7 Å². The summed E-state index contributed by atoms with van der Waals surface area (Å²) >= 11 is 13.2.